The topological polar surface area (TPSA) is 21.3 Å². The Morgan fingerprint density at radius 1 is 1.39 bits per heavy atom. The molecule has 0 radical (unpaired) electrons. The molecule has 2 heteroatoms. The maximum Gasteiger partial charge on any atom is 0.0842 e. The zero-order chi connectivity index (χ0) is 13.0. The zero-order valence-electron chi connectivity index (χ0n) is 11.8. The summed E-state index contributed by atoms with van der Waals surface area (Å²) >= 11 is 0. The third-order valence-corrected chi connectivity index (χ3v) is 4.26. The van der Waals surface area contributed by atoms with Gasteiger partial charge < -0.3 is 10.1 Å². The molecule has 0 aromatic heterocycles. The number of benzene rings is 1. The van der Waals surface area contributed by atoms with Crippen molar-refractivity contribution in [2.75, 3.05) is 13.7 Å². The minimum absolute atomic E-state index is 0.265. The summed E-state index contributed by atoms with van der Waals surface area (Å²) in [7, 11) is 2.06. The summed E-state index contributed by atoms with van der Waals surface area (Å²) in [5, 5.41) is 3.45. The van der Waals surface area contributed by atoms with Gasteiger partial charge >= 0.3 is 0 Å². The van der Waals surface area contributed by atoms with Gasteiger partial charge in [-0.15, -0.1) is 0 Å². The second-order valence-electron chi connectivity index (χ2n) is 5.32. The van der Waals surface area contributed by atoms with E-state index in [9.17, 15) is 0 Å². The third kappa shape index (κ3) is 2.93. The molecule has 0 amide bonds. The van der Waals surface area contributed by atoms with Gasteiger partial charge in [0.1, 0.15) is 0 Å². The Balaban J connectivity index is 2.10. The Morgan fingerprint density at radius 3 is 2.89 bits per heavy atom. The fourth-order valence-corrected chi connectivity index (χ4v) is 2.82. The van der Waals surface area contributed by atoms with Crippen LogP contribution in [0, 0.1) is 5.92 Å². The lowest BCUT2D eigenvalue weighted by Crippen LogP contribution is -2.35. The van der Waals surface area contributed by atoms with Crippen LogP contribution in [0.2, 0.25) is 0 Å². The first kappa shape index (κ1) is 13.6. The maximum absolute atomic E-state index is 5.99. The van der Waals surface area contributed by atoms with Gasteiger partial charge in [-0.1, -0.05) is 44.5 Å². The van der Waals surface area contributed by atoms with Gasteiger partial charge in [0.05, 0.1) is 12.7 Å². The van der Waals surface area contributed by atoms with Crippen molar-refractivity contribution in [3.8, 4) is 0 Å². The predicted molar refractivity (Wildman–Crippen MR) is 75.8 cm³/mol. The number of fused-ring (bicyclic) bond motifs is 1. The molecule has 3 unspecified atom stereocenters. The Morgan fingerprint density at radius 2 is 2.17 bits per heavy atom. The highest BCUT2D eigenvalue weighted by Crippen LogP contribution is 2.31. The largest absolute Gasteiger partial charge is 0.373 e. The van der Waals surface area contributed by atoms with Crippen LogP contribution in [0.3, 0.4) is 0 Å². The lowest BCUT2D eigenvalue weighted by Gasteiger charge is -2.31. The van der Waals surface area contributed by atoms with Gasteiger partial charge in [0.2, 0.25) is 0 Å². The van der Waals surface area contributed by atoms with Gasteiger partial charge in [0, 0.05) is 6.04 Å². The molecule has 0 saturated heterocycles. The average molecular weight is 247 g/mol. The van der Waals surface area contributed by atoms with Crippen LogP contribution in [-0.4, -0.2) is 19.7 Å². The minimum atomic E-state index is 0.265. The molecule has 0 fully saturated rings. The number of ether oxygens (including phenoxy) is 1. The Labute approximate surface area is 111 Å². The van der Waals surface area contributed by atoms with E-state index in [0.717, 1.165) is 19.4 Å². The molecule has 1 heterocycles. The van der Waals surface area contributed by atoms with Crippen molar-refractivity contribution >= 4 is 0 Å². The Hall–Kier alpha value is -0.860. The van der Waals surface area contributed by atoms with Crippen LogP contribution in [0.15, 0.2) is 24.3 Å². The molecule has 1 aliphatic heterocycles. The lowest BCUT2D eigenvalue weighted by atomic mass is 9.88. The highest BCUT2D eigenvalue weighted by Gasteiger charge is 2.25. The van der Waals surface area contributed by atoms with E-state index in [2.05, 4.69) is 50.5 Å². The van der Waals surface area contributed by atoms with Crippen LogP contribution in [0.4, 0.5) is 0 Å². The smallest absolute Gasteiger partial charge is 0.0842 e. The first-order chi connectivity index (χ1) is 8.76. The average Bonchev–Trinajstić information content (AvgIpc) is 2.44. The molecule has 2 rings (SSSR count). The van der Waals surface area contributed by atoms with E-state index in [-0.39, 0.29) is 6.10 Å². The molecular formula is C16H25NO. The van der Waals surface area contributed by atoms with Crippen molar-refractivity contribution in [1.82, 2.24) is 5.32 Å². The number of rotatable bonds is 5. The van der Waals surface area contributed by atoms with E-state index in [0.29, 0.717) is 12.0 Å². The minimum Gasteiger partial charge on any atom is -0.373 e. The summed E-state index contributed by atoms with van der Waals surface area (Å²) in [6.07, 6.45) is 3.60. The monoisotopic (exact) mass is 247 g/mol. The Bertz CT molecular complexity index is 377. The highest BCUT2D eigenvalue weighted by atomic mass is 16.5. The summed E-state index contributed by atoms with van der Waals surface area (Å²) in [5.41, 5.74) is 2.86. The molecule has 1 aromatic carbocycles. The van der Waals surface area contributed by atoms with Gasteiger partial charge in [-0.2, -0.15) is 0 Å². The molecule has 0 aliphatic carbocycles. The van der Waals surface area contributed by atoms with Crippen LogP contribution < -0.4 is 5.32 Å². The van der Waals surface area contributed by atoms with Crippen molar-refractivity contribution in [2.45, 2.75) is 45.3 Å². The van der Waals surface area contributed by atoms with Crippen molar-refractivity contribution < 1.29 is 4.74 Å². The quantitative estimate of drug-likeness (QED) is 0.862. The summed E-state index contributed by atoms with van der Waals surface area (Å²) in [6, 6.07) is 9.25. The van der Waals surface area contributed by atoms with Crippen molar-refractivity contribution in [1.29, 1.82) is 0 Å². The Kier molecular flexibility index (Phi) is 4.79. The second kappa shape index (κ2) is 6.35. The van der Waals surface area contributed by atoms with Crippen LogP contribution in [0.5, 0.6) is 0 Å². The summed E-state index contributed by atoms with van der Waals surface area (Å²) in [6.45, 7) is 5.43. The van der Waals surface area contributed by atoms with E-state index in [1.54, 1.807) is 0 Å². The second-order valence-corrected chi connectivity index (χ2v) is 5.32. The van der Waals surface area contributed by atoms with Gasteiger partial charge in [0.25, 0.3) is 0 Å². The van der Waals surface area contributed by atoms with E-state index in [4.69, 9.17) is 4.74 Å². The van der Waals surface area contributed by atoms with Gasteiger partial charge in [-0.3, -0.25) is 0 Å². The molecule has 100 valence electrons. The summed E-state index contributed by atoms with van der Waals surface area (Å²) in [4.78, 5) is 0. The predicted octanol–water partition coefficient (Wildman–Crippen LogP) is 3.32. The van der Waals surface area contributed by atoms with Crippen molar-refractivity contribution in [3.05, 3.63) is 35.4 Å². The molecule has 3 atom stereocenters. The van der Waals surface area contributed by atoms with Gasteiger partial charge in [-0.25, -0.2) is 0 Å². The molecule has 0 spiro atoms. The van der Waals surface area contributed by atoms with Crippen LogP contribution in [-0.2, 0) is 11.2 Å². The van der Waals surface area contributed by atoms with Crippen LogP contribution in [0.1, 0.15) is 43.9 Å². The van der Waals surface area contributed by atoms with Crippen molar-refractivity contribution in [3.63, 3.8) is 0 Å². The SMILES string of the molecule is CCC(C)C(CC1OCCc2ccccc21)NC. The van der Waals surface area contributed by atoms with Gasteiger partial charge in [-0.05, 0) is 36.9 Å². The van der Waals surface area contributed by atoms with Crippen molar-refractivity contribution in [2.24, 2.45) is 5.92 Å². The maximum atomic E-state index is 5.99. The first-order valence-corrected chi connectivity index (χ1v) is 7.13. The lowest BCUT2D eigenvalue weighted by molar-refractivity contribution is 0.0256. The van der Waals surface area contributed by atoms with Crippen LogP contribution >= 0.6 is 0 Å². The molecule has 1 aliphatic rings. The normalized spacial score (nSPS) is 22.3. The molecule has 0 bridgehead atoms. The van der Waals surface area contributed by atoms with E-state index in [1.165, 1.54) is 17.5 Å². The third-order valence-electron chi connectivity index (χ3n) is 4.26. The number of hydrogen-bond acceptors (Lipinski definition) is 2. The number of hydrogen-bond donors (Lipinski definition) is 1. The highest BCUT2D eigenvalue weighted by molar-refractivity contribution is 5.31. The molecule has 0 saturated carbocycles. The fraction of sp³-hybridized carbons (Fsp3) is 0.625. The van der Waals surface area contributed by atoms with E-state index in [1.807, 2.05) is 0 Å². The fourth-order valence-electron chi connectivity index (χ4n) is 2.82. The number of nitrogens with one attached hydrogen (secondary N) is 1. The molecule has 1 aromatic rings. The van der Waals surface area contributed by atoms with Gasteiger partial charge in [0.15, 0.2) is 0 Å². The first-order valence-electron chi connectivity index (χ1n) is 7.13. The van der Waals surface area contributed by atoms with Crippen LogP contribution in [0.25, 0.3) is 0 Å². The van der Waals surface area contributed by atoms with E-state index < -0.39 is 0 Å². The van der Waals surface area contributed by atoms with E-state index >= 15 is 0 Å². The molecule has 18 heavy (non-hydrogen) atoms. The summed E-state index contributed by atoms with van der Waals surface area (Å²) < 4.78 is 5.99. The standard InChI is InChI=1S/C16H25NO/c1-4-12(2)15(17-3)11-16-14-8-6-5-7-13(14)9-10-18-16/h5-8,12,15-17H,4,9-11H2,1-3H3. The molecular weight excluding hydrogens is 222 g/mol. The summed E-state index contributed by atoms with van der Waals surface area (Å²) in [5.74, 6) is 0.688. The molecule has 1 N–H and O–H groups in total. The molecule has 2 nitrogen and oxygen atoms in total. The zero-order valence-corrected chi connectivity index (χ0v) is 11.8.